The van der Waals surface area contributed by atoms with Crippen molar-refractivity contribution in [3.05, 3.63) is 0 Å². The number of methoxy groups -OCH3 is 1. The van der Waals surface area contributed by atoms with Crippen LogP contribution in [0.4, 0.5) is 0 Å². The van der Waals surface area contributed by atoms with Crippen LogP contribution in [0.15, 0.2) is 0 Å². The molecule has 0 radical (unpaired) electrons. The highest BCUT2D eigenvalue weighted by Crippen LogP contribution is 2.14. The van der Waals surface area contributed by atoms with Gasteiger partial charge in [-0.05, 0) is 6.42 Å². The highest BCUT2D eigenvalue weighted by atomic mass is 35.5. The SMILES string of the molecule is CCCCCCCCCCCCCCCCC(OCCl)C(=O)OC. The third kappa shape index (κ3) is 15.3. The number of hydrogen-bond acceptors (Lipinski definition) is 3. The Bertz CT molecular complexity index is 272. The summed E-state index contributed by atoms with van der Waals surface area (Å²) in [5, 5.41) is 0. The first-order chi connectivity index (χ1) is 11.8. The van der Waals surface area contributed by atoms with E-state index in [4.69, 9.17) is 21.1 Å². The Kier molecular flexibility index (Phi) is 18.8. The van der Waals surface area contributed by atoms with Gasteiger partial charge < -0.3 is 9.47 Å². The van der Waals surface area contributed by atoms with Crippen LogP contribution in [0.25, 0.3) is 0 Å². The third-order valence-electron chi connectivity index (χ3n) is 4.55. The molecule has 0 spiro atoms. The van der Waals surface area contributed by atoms with Crippen molar-refractivity contribution in [3.63, 3.8) is 0 Å². The van der Waals surface area contributed by atoms with E-state index in [-0.39, 0.29) is 12.0 Å². The Hall–Kier alpha value is -0.280. The number of carbonyl (C=O) groups excluding carboxylic acids is 1. The van der Waals surface area contributed by atoms with Gasteiger partial charge in [0.25, 0.3) is 0 Å². The fraction of sp³-hybridized carbons (Fsp3) is 0.950. The first-order valence-electron chi connectivity index (χ1n) is 10.0. The number of alkyl halides is 1. The molecule has 1 unspecified atom stereocenters. The average molecular weight is 363 g/mol. The van der Waals surface area contributed by atoms with Gasteiger partial charge in [0, 0.05) is 0 Å². The molecule has 3 nitrogen and oxygen atoms in total. The van der Waals surface area contributed by atoms with Crippen molar-refractivity contribution in [3.8, 4) is 0 Å². The lowest BCUT2D eigenvalue weighted by atomic mass is 10.0. The topological polar surface area (TPSA) is 35.5 Å². The van der Waals surface area contributed by atoms with Crippen LogP contribution in [0.2, 0.25) is 0 Å². The number of rotatable bonds is 18. The number of hydrogen-bond donors (Lipinski definition) is 0. The van der Waals surface area contributed by atoms with Crippen LogP contribution < -0.4 is 0 Å². The van der Waals surface area contributed by atoms with Crippen LogP contribution in [-0.2, 0) is 14.3 Å². The first-order valence-corrected chi connectivity index (χ1v) is 10.5. The van der Waals surface area contributed by atoms with Gasteiger partial charge in [0.1, 0.15) is 6.07 Å². The van der Waals surface area contributed by atoms with Gasteiger partial charge in [0.15, 0.2) is 6.10 Å². The lowest BCUT2D eigenvalue weighted by molar-refractivity contribution is -0.153. The minimum atomic E-state index is -0.496. The summed E-state index contributed by atoms with van der Waals surface area (Å²) in [7, 11) is 1.39. The van der Waals surface area contributed by atoms with Gasteiger partial charge >= 0.3 is 5.97 Å². The second-order valence-corrected chi connectivity index (χ2v) is 6.89. The molecule has 24 heavy (non-hydrogen) atoms. The molecule has 4 heteroatoms. The Balaban J connectivity index is 3.28. The average Bonchev–Trinajstić information content (AvgIpc) is 2.60. The zero-order chi connectivity index (χ0) is 17.9. The number of esters is 1. The molecule has 0 aliphatic carbocycles. The third-order valence-corrected chi connectivity index (χ3v) is 4.67. The molecule has 0 aromatic rings. The van der Waals surface area contributed by atoms with Gasteiger partial charge in [0.05, 0.1) is 7.11 Å². The van der Waals surface area contributed by atoms with Crippen LogP contribution >= 0.6 is 11.6 Å². The van der Waals surface area contributed by atoms with Gasteiger partial charge in [-0.2, -0.15) is 0 Å². The minimum Gasteiger partial charge on any atom is -0.467 e. The highest BCUT2D eigenvalue weighted by molar-refractivity contribution is 6.17. The molecule has 0 N–H and O–H groups in total. The first kappa shape index (κ1) is 23.7. The Morgan fingerprint density at radius 1 is 0.792 bits per heavy atom. The van der Waals surface area contributed by atoms with E-state index in [1.807, 2.05) is 0 Å². The summed E-state index contributed by atoms with van der Waals surface area (Å²) in [6, 6.07) is 0.0401. The molecule has 0 amide bonds. The van der Waals surface area contributed by atoms with E-state index < -0.39 is 6.10 Å². The molecule has 1 atom stereocenters. The van der Waals surface area contributed by atoms with Gasteiger partial charge in [-0.3, -0.25) is 0 Å². The molecule has 0 aromatic carbocycles. The summed E-state index contributed by atoms with van der Waals surface area (Å²) in [4.78, 5) is 11.5. The van der Waals surface area contributed by atoms with Gasteiger partial charge in [-0.15, -0.1) is 0 Å². The van der Waals surface area contributed by atoms with Crippen molar-refractivity contribution in [1.82, 2.24) is 0 Å². The largest absolute Gasteiger partial charge is 0.467 e. The standard InChI is InChI=1S/C20H39ClO3/c1-3-4-5-6-7-8-9-10-11-12-13-14-15-16-17-19(24-18-21)20(22)23-2/h19H,3-18H2,1-2H3. The van der Waals surface area contributed by atoms with Crippen LogP contribution in [0.3, 0.4) is 0 Å². The van der Waals surface area contributed by atoms with Crippen molar-refractivity contribution < 1.29 is 14.3 Å². The summed E-state index contributed by atoms with van der Waals surface area (Å²) in [5.74, 6) is -0.314. The molecule has 0 rings (SSSR count). The molecular weight excluding hydrogens is 324 g/mol. The van der Waals surface area contributed by atoms with Crippen molar-refractivity contribution in [2.45, 2.75) is 109 Å². The number of halogens is 1. The molecule has 0 heterocycles. The van der Waals surface area contributed by atoms with E-state index >= 15 is 0 Å². The molecule has 0 aromatic heterocycles. The summed E-state index contributed by atoms with van der Waals surface area (Å²) in [5.41, 5.74) is 0. The minimum absolute atomic E-state index is 0.0401. The zero-order valence-corrected chi connectivity index (χ0v) is 16.7. The lowest BCUT2D eigenvalue weighted by Crippen LogP contribution is -2.25. The monoisotopic (exact) mass is 362 g/mol. The van der Waals surface area contributed by atoms with Crippen molar-refractivity contribution in [2.75, 3.05) is 13.2 Å². The highest BCUT2D eigenvalue weighted by Gasteiger charge is 2.18. The molecule has 0 aliphatic heterocycles. The van der Waals surface area contributed by atoms with Crippen LogP contribution in [0.1, 0.15) is 103 Å². The maximum atomic E-state index is 11.5. The maximum Gasteiger partial charge on any atom is 0.335 e. The van der Waals surface area contributed by atoms with Crippen LogP contribution in [-0.4, -0.2) is 25.2 Å². The molecule has 0 saturated carbocycles. The summed E-state index contributed by atoms with van der Waals surface area (Å²) in [6.45, 7) is 2.27. The smallest absolute Gasteiger partial charge is 0.335 e. The quantitative estimate of drug-likeness (QED) is 0.156. The second-order valence-electron chi connectivity index (χ2n) is 6.67. The van der Waals surface area contributed by atoms with Crippen LogP contribution in [0.5, 0.6) is 0 Å². The fourth-order valence-electron chi connectivity index (χ4n) is 3.00. The van der Waals surface area contributed by atoms with Crippen molar-refractivity contribution >= 4 is 17.6 Å². The summed E-state index contributed by atoms with van der Waals surface area (Å²) < 4.78 is 9.91. The lowest BCUT2D eigenvalue weighted by Gasteiger charge is -2.13. The van der Waals surface area contributed by atoms with Gasteiger partial charge in [-0.1, -0.05) is 108 Å². The fourth-order valence-corrected chi connectivity index (χ4v) is 3.15. The van der Waals surface area contributed by atoms with Crippen molar-refractivity contribution in [2.24, 2.45) is 0 Å². The maximum absolute atomic E-state index is 11.5. The molecule has 0 fully saturated rings. The van der Waals surface area contributed by atoms with E-state index in [0.717, 1.165) is 12.8 Å². The summed E-state index contributed by atoms with van der Waals surface area (Å²) >= 11 is 5.53. The Morgan fingerprint density at radius 2 is 1.21 bits per heavy atom. The van der Waals surface area contributed by atoms with Crippen molar-refractivity contribution in [1.29, 1.82) is 0 Å². The molecule has 144 valence electrons. The van der Waals surface area contributed by atoms with E-state index in [2.05, 4.69) is 6.92 Å². The predicted octanol–water partition coefficient (Wildman–Crippen LogP) is 6.61. The van der Waals surface area contributed by atoms with E-state index in [1.54, 1.807) is 0 Å². The second kappa shape index (κ2) is 19.1. The summed E-state index contributed by atoms with van der Waals surface area (Å²) in [6.07, 6.45) is 18.8. The molecule has 0 aliphatic rings. The Labute approximate surface area is 154 Å². The normalized spacial score (nSPS) is 12.3. The molecule has 0 saturated heterocycles. The number of unbranched alkanes of at least 4 members (excludes halogenated alkanes) is 13. The van der Waals surface area contributed by atoms with Gasteiger partial charge in [0.2, 0.25) is 0 Å². The number of carbonyl (C=O) groups is 1. The predicted molar refractivity (Wildman–Crippen MR) is 103 cm³/mol. The zero-order valence-electron chi connectivity index (χ0n) is 16.0. The van der Waals surface area contributed by atoms with Crippen LogP contribution in [0, 0.1) is 0 Å². The van der Waals surface area contributed by atoms with E-state index in [9.17, 15) is 4.79 Å². The molecular formula is C20H39ClO3. The van der Waals surface area contributed by atoms with Gasteiger partial charge in [-0.25, -0.2) is 4.79 Å². The Morgan fingerprint density at radius 3 is 1.58 bits per heavy atom. The van der Waals surface area contributed by atoms with E-state index in [1.165, 1.54) is 84.2 Å². The molecule has 0 bridgehead atoms. The van der Waals surface area contributed by atoms with E-state index in [0.29, 0.717) is 6.42 Å². The number of ether oxygens (including phenoxy) is 2.